The van der Waals surface area contributed by atoms with Crippen LogP contribution in [0, 0.1) is 0 Å². The first-order valence-corrected chi connectivity index (χ1v) is 5.22. The van der Waals surface area contributed by atoms with Crippen molar-refractivity contribution in [2.75, 3.05) is 19.8 Å². The highest BCUT2D eigenvalue weighted by atomic mass is 16.5. The van der Waals surface area contributed by atoms with Crippen LogP contribution >= 0.6 is 0 Å². The molecule has 0 aromatic carbocycles. The molecule has 2 N–H and O–H groups in total. The Kier molecular flexibility index (Phi) is 8.57. The van der Waals surface area contributed by atoms with E-state index >= 15 is 0 Å². The molecular weight excluding hydrogens is 182 g/mol. The van der Waals surface area contributed by atoms with E-state index < -0.39 is 0 Å². The summed E-state index contributed by atoms with van der Waals surface area (Å²) in [4.78, 5) is 11.3. The third-order valence-electron chi connectivity index (χ3n) is 1.97. The summed E-state index contributed by atoms with van der Waals surface area (Å²) in [7, 11) is 0. The van der Waals surface area contributed by atoms with E-state index in [-0.39, 0.29) is 18.6 Å². The SMILES string of the molecule is CCOCCCC(=O)N[C@H](CC)CO. The highest BCUT2D eigenvalue weighted by molar-refractivity contribution is 5.76. The normalized spacial score (nSPS) is 12.5. The van der Waals surface area contributed by atoms with Gasteiger partial charge in [-0.3, -0.25) is 4.79 Å². The molecule has 0 saturated carbocycles. The average Bonchev–Trinajstić information content (AvgIpc) is 2.21. The maximum atomic E-state index is 11.3. The van der Waals surface area contributed by atoms with Gasteiger partial charge in [-0.1, -0.05) is 6.92 Å². The molecule has 0 heterocycles. The number of ether oxygens (including phenoxy) is 1. The number of aliphatic hydroxyl groups is 1. The van der Waals surface area contributed by atoms with E-state index in [1.807, 2.05) is 13.8 Å². The molecule has 0 aliphatic heterocycles. The number of carbonyl (C=O) groups is 1. The molecule has 0 spiro atoms. The lowest BCUT2D eigenvalue weighted by Crippen LogP contribution is -2.36. The van der Waals surface area contributed by atoms with Gasteiger partial charge in [-0.05, 0) is 19.8 Å². The Morgan fingerprint density at radius 3 is 2.71 bits per heavy atom. The molecule has 1 atom stereocenters. The molecule has 0 radical (unpaired) electrons. The maximum absolute atomic E-state index is 11.3. The minimum Gasteiger partial charge on any atom is -0.394 e. The Hall–Kier alpha value is -0.610. The summed E-state index contributed by atoms with van der Waals surface area (Å²) < 4.78 is 5.11. The van der Waals surface area contributed by atoms with Crippen LogP contribution in [0.2, 0.25) is 0 Å². The molecular formula is C10H21NO3. The van der Waals surface area contributed by atoms with Crippen LogP contribution in [0.3, 0.4) is 0 Å². The van der Waals surface area contributed by atoms with Gasteiger partial charge >= 0.3 is 0 Å². The average molecular weight is 203 g/mol. The van der Waals surface area contributed by atoms with Crippen LogP contribution in [0.5, 0.6) is 0 Å². The topological polar surface area (TPSA) is 58.6 Å². The summed E-state index contributed by atoms with van der Waals surface area (Å²) in [6.07, 6.45) is 1.96. The predicted molar refractivity (Wildman–Crippen MR) is 55.0 cm³/mol. The molecule has 0 fully saturated rings. The quantitative estimate of drug-likeness (QED) is 0.571. The first kappa shape index (κ1) is 13.4. The fourth-order valence-electron chi connectivity index (χ4n) is 1.06. The zero-order chi connectivity index (χ0) is 10.8. The van der Waals surface area contributed by atoms with Gasteiger partial charge in [-0.25, -0.2) is 0 Å². The summed E-state index contributed by atoms with van der Waals surface area (Å²) in [5, 5.41) is 11.6. The van der Waals surface area contributed by atoms with E-state index in [0.717, 1.165) is 12.8 Å². The number of rotatable bonds is 8. The van der Waals surface area contributed by atoms with Crippen molar-refractivity contribution in [2.24, 2.45) is 0 Å². The van der Waals surface area contributed by atoms with Crippen molar-refractivity contribution in [1.82, 2.24) is 5.32 Å². The summed E-state index contributed by atoms with van der Waals surface area (Å²) in [5.74, 6) is -0.00870. The number of carbonyl (C=O) groups excluding carboxylic acids is 1. The fraction of sp³-hybridized carbons (Fsp3) is 0.900. The van der Waals surface area contributed by atoms with Crippen LogP contribution in [-0.2, 0) is 9.53 Å². The Bertz CT molecular complexity index is 146. The Morgan fingerprint density at radius 2 is 2.21 bits per heavy atom. The van der Waals surface area contributed by atoms with E-state index in [9.17, 15) is 4.79 Å². The zero-order valence-electron chi connectivity index (χ0n) is 9.08. The van der Waals surface area contributed by atoms with Gasteiger partial charge in [0, 0.05) is 19.6 Å². The highest BCUT2D eigenvalue weighted by Crippen LogP contribution is 1.94. The molecule has 0 aromatic heterocycles. The molecule has 0 unspecified atom stereocenters. The first-order chi connectivity index (χ1) is 6.74. The van der Waals surface area contributed by atoms with Gasteiger partial charge in [0.25, 0.3) is 0 Å². The molecule has 0 aliphatic rings. The second-order valence-corrected chi connectivity index (χ2v) is 3.16. The smallest absolute Gasteiger partial charge is 0.220 e. The fourth-order valence-corrected chi connectivity index (χ4v) is 1.06. The van der Waals surface area contributed by atoms with Crippen LogP contribution < -0.4 is 5.32 Å². The van der Waals surface area contributed by atoms with Gasteiger partial charge in [0.1, 0.15) is 0 Å². The van der Waals surface area contributed by atoms with E-state index in [4.69, 9.17) is 9.84 Å². The number of amides is 1. The number of aliphatic hydroxyl groups excluding tert-OH is 1. The zero-order valence-corrected chi connectivity index (χ0v) is 9.08. The second kappa shape index (κ2) is 8.97. The molecule has 1 amide bonds. The number of hydrogen-bond acceptors (Lipinski definition) is 3. The van der Waals surface area contributed by atoms with Crippen molar-refractivity contribution in [2.45, 2.75) is 39.2 Å². The van der Waals surface area contributed by atoms with Crippen LogP contribution in [0.15, 0.2) is 0 Å². The third kappa shape index (κ3) is 6.86. The van der Waals surface area contributed by atoms with Crippen molar-refractivity contribution < 1.29 is 14.6 Å². The van der Waals surface area contributed by atoms with Gasteiger partial charge in [-0.15, -0.1) is 0 Å². The summed E-state index contributed by atoms with van der Waals surface area (Å²) in [6, 6.07) is -0.102. The monoisotopic (exact) mass is 203 g/mol. The largest absolute Gasteiger partial charge is 0.394 e. The molecule has 4 nitrogen and oxygen atoms in total. The maximum Gasteiger partial charge on any atom is 0.220 e. The van der Waals surface area contributed by atoms with Crippen molar-refractivity contribution in [3.63, 3.8) is 0 Å². The summed E-state index contributed by atoms with van der Waals surface area (Å²) in [5.41, 5.74) is 0. The van der Waals surface area contributed by atoms with Crippen molar-refractivity contribution >= 4 is 5.91 Å². The molecule has 4 heteroatoms. The van der Waals surface area contributed by atoms with Crippen LogP contribution in [0.1, 0.15) is 33.1 Å². The van der Waals surface area contributed by atoms with Crippen molar-refractivity contribution in [1.29, 1.82) is 0 Å². The Morgan fingerprint density at radius 1 is 1.50 bits per heavy atom. The molecule has 0 saturated heterocycles. The van der Waals surface area contributed by atoms with Gasteiger partial charge in [0.15, 0.2) is 0 Å². The number of hydrogen-bond donors (Lipinski definition) is 2. The predicted octanol–water partition coefficient (Wildman–Crippen LogP) is 0.690. The minimum absolute atomic E-state index is 0.00764. The van der Waals surface area contributed by atoms with E-state index in [1.54, 1.807) is 0 Å². The van der Waals surface area contributed by atoms with Crippen LogP contribution in [-0.4, -0.2) is 36.9 Å². The van der Waals surface area contributed by atoms with Gasteiger partial charge in [-0.2, -0.15) is 0 Å². The highest BCUT2D eigenvalue weighted by Gasteiger charge is 2.08. The Labute approximate surface area is 85.6 Å². The summed E-state index contributed by atoms with van der Waals surface area (Å²) in [6.45, 7) is 5.18. The van der Waals surface area contributed by atoms with Crippen molar-refractivity contribution in [3.05, 3.63) is 0 Å². The summed E-state index contributed by atoms with van der Waals surface area (Å²) >= 11 is 0. The lowest BCUT2D eigenvalue weighted by atomic mass is 10.2. The second-order valence-electron chi connectivity index (χ2n) is 3.16. The number of nitrogens with one attached hydrogen (secondary N) is 1. The molecule has 0 rings (SSSR count). The minimum atomic E-state index is -0.102. The molecule has 0 bridgehead atoms. The molecule has 0 aliphatic carbocycles. The van der Waals surface area contributed by atoms with Gasteiger partial charge < -0.3 is 15.2 Å². The van der Waals surface area contributed by atoms with Gasteiger partial charge in [0.2, 0.25) is 5.91 Å². The molecule has 0 aromatic rings. The van der Waals surface area contributed by atoms with E-state index in [2.05, 4.69) is 5.32 Å². The standard InChI is InChI=1S/C10H21NO3/c1-3-9(8-12)11-10(13)6-5-7-14-4-2/h9,12H,3-8H2,1-2H3,(H,11,13)/t9-/m1/s1. The van der Waals surface area contributed by atoms with Gasteiger partial charge in [0.05, 0.1) is 12.6 Å². The van der Waals surface area contributed by atoms with Crippen LogP contribution in [0.4, 0.5) is 0 Å². The molecule has 84 valence electrons. The van der Waals surface area contributed by atoms with Crippen molar-refractivity contribution in [3.8, 4) is 0 Å². The lowest BCUT2D eigenvalue weighted by Gasteiger charge is -2.13. The molecule has 14 heavy (non-hydrogen) atoms. The first-order valence-electron chi connectivity index (χ1n) is 5.22. The lowest BCUT2D eigenvalue weighted by molar-refractivity contribution is -0.122. The van der Waals surface area contributed by atoms with E-state index in [1.165, 1.54) is 0 Å². The van der Waals surface area contributed by atoms with E-state index in [0.29, 0.717) is 19.6 Å². The Balaban J connectivity index is 3.44. The third-order valence-corrected chi connectivity index (χ3v) is 1.97. The van der Waals surface area contributed by atoms with Crippen LogP contribution in [0.25, 0.3) is 0 Å².